The first kappa shape index (κ1) is 17.5. The van der Waals surface area contributed by atoms with Gasteiger partial charge in [0.1, 0.15) is 18.5 Å². The molecule has 1 heterocycles. The number of rotatable bonds is 5. The van der Waals surface area contributed by atoms with Crippen molar-refractivity contribution in [3.05, 3.63) is 29.3 Å². The molecule has 5 nitrogen and oxygen atoms in total. The molecule has 2 rings (SSSR count). The van der Waals surface area contributed by atoms with Crippen LogP contribution in [-0.2, 0) is 15.0 Å². The lowest BCUT2D eigenvalue weighted by molar-refractivity contribution is -0.140. The molecule has 0 spiro atoms. The second-order valence-electron chi connectivity index (χ2n) is 7.11. The average Bonchev–Trinajstić information content (AvgIpc) is 2.77. The molecular formula is C18H25NO4. The summed E-state index contributed by atoms with van der Waals surface area (Å²) in [6, 6.07) is 5.94. The number of imide groups is 1. The van der Waals surface area contributed by atoms with Gasteiger partial charge >= 0.3 is 0 Å². The van der Waals surface area contributed by atoms with Gasteiger partial charge in [-0.25, -0.2) is 0 Å². The lowest BCUT2D eigenvalue weighted by Crippen LogP contribution is -2.38. The molecular weight excluding hydrogens is 294 g/mol. The molecule has 1 atom stereocenters. The molecule has 0 radical (unpaired) electrons. The lowest BCUT2D eigenvalue weighted by atomic mass is 9.85. The number of aryl methyl sites for hydroxylation is 1. The van der Waals surface area contributed by atoms with Crippen molar-refractivity contribution in [2.45, 2.75) is 52.1 Å². The van der Waals surface area contributed by atoms with Gasteiger partial charge in [0.05, 0.1) is 6.54 Å². The van der Waals surface area contributed by atoms with Gasteiger partial charge in [-0.15, -0.1) is 0 Å². The second-order valence-corrected chi connectivity index (χ2v) is 7.11. The number of nitrogens with zero attached hydrogens (tertiary/aromatic N) is 1. The fourth-order valence-corrected chi connectivity index (χ4v) is 2.63. The number of aliphatic hydroxyl groups is 1. The van der Waals surface area contributed by atoms with Crippen molar-refractivity contribution in [2.24, 2.45) is 0 Å². The van der Waals surface area contributed by atoms with Crippen molar-refractivity contribution in [1.82, 2.24) is 4.90 Å². The molecule has 1 saturated heterocycles. The van der Waals surface area contributed by atoms with Gasteiger partial charge in [0.15, 0.2) is 0 Å². The molecule has 1 aliphatic rings. The normalized spacial score (nSPS) is 16.8. The topological polar surface area (TPSA) is 66.8 Å². The van der Waals surface area contributed by atoms with E-state index in [0.717, 1.165) is 21.8 Å². The molecule has 0 aliphatic carbocycles. The number of β-amino-alcohol motifs (C(OH)–C–C–N with tert-alkyl or cyclic N) is 1. The van der Waals surface area contributed by atoms with Crippen LogP contribution in [0.4, 0.5) is 0 Å². The first-order valence-electron chi connectivity index (χ1n) is 7.93. The molecule has 23 heavy (non-hydrogen) atoms. The van der Waals surface area contributed by atoms with Gasteiger partial charge in [0.25, 0.3) is 0 Å². The first-order valence-corrected chi connectivity index (χ1v) is 7.93. The third-order valence-corrected chi connectivity index (χ3v) is 3.92. The van der Waals surface area contributed by atoms with Gasteiger partial charge in [-0.1, -0.05) is 38.5 Å². The number of aliphatic hydroxyl groups excluding tert-OH is 1. The molecule has 1 unspecified atom stereocenters. The summed E-state index contributed by atoms with van der Waals surface area (Å²) in [5.74, 6) is 0.278. The zero-order chi connectivity index (χ0) is 17.2. The number of carbonyl (C=O) groups excluding carboxylic acids is 2. The van der Waals surface area contributed by atoms with Crippen molar-refractivity contribution >= 4 is 11.8 Å². The fraction of sp³-hybridized carbons (Fsp3) is 0.556. The van der Waals surface area contributed by atoms with E-state index in [1.807, 2.05) is 19.1 Å². The summed E-state index contributed by atoms with van der Waals surface area (Å²) in [6.45, 7) is 8.38. The van der Waals surface area contributed by atoms with Gasteiger partial charge < -0.3 is 9.84 Å². The van der Waals surface area contributed by atoms with Crippen LogP contribution in [0, 0.1) is 6.92 Å². The van der Waals surface area contributed by atoms with E-state index in [2.05, 4.69) is 26.8 Å². The summed E-state index contributed by atoms with van der Waals surface area (Å²) in [4.78, 5) is 24.3. The third-order valence-electron chi connectivity index (χ3n) is 3.92. The van der Waals surface area contributed by atoms with Crippen LogP contribution in [0.1, 0.15) is 44.7 Å². The quantitative estimate of drug-likeness (QED) is 0.845. The van der Waals surface area contributed by atoms with Crippen molar-refractivity contribution in [3.63, 3.8) is 0 Å². The predicted octanol–water partition coefficient (Wildman–Crippen LogP) is 2.18. The molecule has 1 fully saturated rings. The monoisotopic (exact) mass is 319 g/mol. The smallest absolute Gasteiger partial charge is 0.229 e. The van der Waals surface area contributed by atoms with Gasteiger partial charge in [-0.2, -0.15) is 0 Å². The first-order chi connectivity index (χ1) is 10.7. The summed E-state index contributed by atoms with van der Waals surface area (Å²) in [7, 11) is 0. The standard InChI is InChI=1S/C18H25NO4/c1-12-5-6-15(14(9-12)18(2,3)4)23-11-13(20)10-19-16(21)7-8-17(19)22/h5-6,9,13,20H,7-8,10-11H2,1-4H3. The summed E-state index contributed by atoms with van der Waals surface area (Å²) in [5, 5.41) is 10.1. The predicted molar refractivity (Wildman–Crippen MR) is 87.3 cm³/mol. The Morgan fingerprint density at radius 2 is 1.83 bits per heavy atom. The Bertz CT molecular complexity index is 588. The van der Waals surface area contributed by atoms with Gasteiger partial charge in [0, 0.05) is 12.8 Å². The molecule has 0 aromatic heterocycles. The van der Waals surface area contributed by atoms with E-state index in [0.29, 0.717) is 0 Å². The van der Waals surface area contributed by atoms with E-state index in [1.54, 1.807) is 0 Å². The zero-order valence-corrected chi connectivity index (χ0v) is 14.3. The highest BCUT2D eigenvalue weighted by Crippen LogP contribution is 2.32. The van der Waals surface area contributed by atoms with E-state index in [4.69, 9.17) is 4.74 Å². The Hall–Kier alpha value is -1.88. The molecule has 126 valence electrons. The molecule has 1 N–H and O–H groups in total. The molecule has 1 aliphatic heterocycles. The Morgan fingerprint density at radius 3 is 2.39 bits per heavy atom. The number of benzene rings is 1. The van der Waals surface area contributed by atoms with Crippen molar-refractivity contribution in [2.75, 3.05) is 13.2 Å². The van der Waals surface area contributed by atoms with E-state index >= 15 is 0 Å². The molecule has 0 saturated carbocycles. The summed E-state index contributed by atoms with van der Waals surface area (Å²) < 4.78 is 5.76. The van der Waals surface area contributed by atoms with E-state index in [1.165, 1.54) is 0 Å². The van der Waals surface area contributed by atoms with Crippen molar-refractivity contribution in [3.8, 4) is 5.75 Å². The average molecular weight is 319 g/mol. The van der Waals surface area contributed by atoms with E-state index < -0.39 is 6.10 Å². The largest absolute Gasteiger partial charge is 0.491 e. The number of ether oxygens (including phenoxy) is 1. The van der Waals surface area contributed by atoms with Crippen LogP contribution >= 0.6 is 0 Å². The highest BCUT2D eigenvalue weighted by Gasteiger charge is 2.30. The minimum atomic E-state index is -0.893. The summed E-state index contributed by atoms with van der Waals surface area (Å²) in [5.41, 5.74) is 2.14. The van der Waals surface area contributed by atoms with E-state index in [9.17, 15) is 14.7 Å². The Labute approximate surface area is 137 Å². The van der Waals surface area contributed by atoms with Crippen molar-refractivity contribution in [1.29, 1.82) is 0 Å². The van der Waals surface area contributed by atoms with Crippen LogP contribution in [-0.4, -0.2) is 41.1 Å². The molecule has 1 aromatic rings. The van der Waals surface area contributed by atoms with Gasteiger partial charge in [0.2, 0.25) is 11.8 Å². The highest BCUT2D eigenvalue weighted by molar-refractivity contribution is 6.01. The number of likely N-dealkylation sites (tertiary alicyclic amines) is 1. The fourth-order valence-electron chi connectivity index (χ4n) is 2.63. The van der Waals surface area contributed by atoms with Crippen LogP contribution in [0.25, 0.3) is 0 Å². The third kappa shape index (κ3) is 4.32. The number of amides is 2. The maximum Gasteiger partial charge on any atom is 0.229 e. The number of hydrogen-bond donors (Lipinski definition) is 1. The van der Waals surface area contributed by atoms with Crippen molar-refractivity contribution < 1.29 is 19.4 Å². The highest BCUT2D eigenvalue weighted by atomic mass is 16.5. The molecule has 5 heteroatoms. The van der Waals surface area contributed by atoms with Crippen LogP contribution in [0.3, 0.4) is 0 Å². The molecule has 2 amide bonds. The molecule has 1 aromatic carbocycles. The van der Waals surface area contributed by atoms with Gasteiger partial charge in [-0.05, 0) is 24.0 Å². The van der Waals surface area contributed by atoms with Gasteiger partial charge in [-0.3, -0.25) is 14.5 Å². The Morgan fingerprint density at radius 1 is 1.22 bits per heavy atom. The minimum absolute atomic E-state index is 0.00558. The second kappa shape index (κ2) is 6.71. The zero-order valence-electron chi connectivity index (χ0n) is 14.3. The van der Waals surface area contributed by atoms with Crippen LogP contribution in [0.15, 0.2) is 18.2 Å². The molecule has 0 bridgehead atoms. The number of hydrogen-bond acceptors (Lipinski definition) is 4. The van der Waals surface area contributed by atoms with Crippen LogP contribution < -0.4 is 4.74 Å². The summed E-state index contributed by atoms with van der Waals surface area (Å²) >= 11 is 0. The maximum absolute atomic E-state index is 11.6. The van der Waals surface area contributed by atoms with E-state index in [-0.39, 0.29) is 43.2 Å². The Kier molecular flexibility index (Phi) is 5.09. The minimum Gasteiger partial charge on any atom is -0.491 e. The number of carbonyl (C=O) groups is 2. The van der Waals surface area contributed by atoms with Crippen LogP contribution in [0.2, 0.25) is 0 Å². The summed E-state index contributed by atoms with van der Waals surface area (Å²) in [6.07, 6.45) is -0.424. The maximum atomic E-state index is 11.6. The lowest BCUT2D eigenvalue weighted by Gasteiger charge is -2.25. The van der Waals surface area contributed by atoms with Crippen LogP contribution in [0.5, 0.6) is 5.75 Å². The SMILES string of the molecule is Cc1ccc(OCC(O)CN2C(=O)CCC2=O)c(C(C)(C)C)c1. The Balaban J connectivity index is 2.00.